The molecule has 0 aliphatic rings. The zero-order chi connectivity index (χ0) is 32.1. The van der Waals surface area contributed by atoms with Gasteiger partial charge in [0.1, 0.15) is 0 Å². The molecule has 0 saturated carbocycles. The van der Waals surface area contributed by atoms with Crippen LogP contribution in [0.2, 0.25) is 0 Å². The first kappa shape index (κ1) is 26.7. The molecule has 0 aliphatic carbocycles. The van der Waals surface area contributed by atoms with Crippen molar-refractivity contribution in [1.82, 2.24) is 19.1 Å². The monoisotopic (exact) mass is 642 g/mol. The number of benzene rings is 7. The normalized spacial score (nSPS) is 12.1. The third kappa shape index (κ3) is 3.85. The lowest BCUT2D eigenvalue weighted by Crippen LogP contribution is -2.03. The first-order valence-electron chi connectivity index (χ1n) is 16.5. The highest BCUT2D eigenvalue weighted by Crippen LogP contribution is 2.39. The van der Waals surface area contributed by atoms with Crippen molar-refractivity contribution >= 4 is 86.0 Å². The predicted molar refractivity (Wildman–Crippen MR) is 207 cm³/mol. The Bertz CT molecular complexity index is 3070. The van der Waals surface area contributed by atoms with E-state index in [9.17, 15) is 0 Å². The smallest absolute Gasteiger partial charge is 0.235 e. The van der Waals surface area contributed by atoms with Crippen LogP contribution in [0.25, 0.3) is 97.6 Å². The molecule has 0 spiro atoms. The topological polar surface area (TPSA) is 35.6 Å². The number of nitrogens with zero attached hydrogens (tertiary/aromatic N) is 4. The lowest BCUT2D eigenvalue weighted by atomic mass is 10.0. The summed E-state index contributed by atoms with van der Waals surface area (Å²) in [6.07, 6.45) is 0. The van der Waals surface area contributed by atoms with E-state index in [1.165, 1.54) is 52.8 Å². The van der Waals surface area contributed by atoms with E-state index in [1.54, 1.807) is 0 Å². The zero-order valence-corrected chi connectivity index (χ0v) is 27.0. The van der Waals surface area contributed by atoms with Crippen molar-refractivity contribution in [2.45, 2.75) is 0 Å². The Hall–Kier alpha value is -6.30. The van der Waals surface area contributed by atoms with Gasteiger partial charge in [-0.15, -0.1) is 11.3 Å². The molecule has 0 radical (unpaired) electrons. The van der Waals surface area contributed by atoms with Crippen molar-refractivity contribution < 1.29 is 0 Å². The summed E-state index contributed by atoms with van der Waals surface area (Å²) in [6.45, 7) is 0. The van der Waals surface area contributed by atoms with Gasteiger partial charge in [0.25, 0.3) is 0 Å². The SMILES string of the molecule is c1ccc2c(-c3ccc4sc5ccccc5c4c3)nc(-n3c4ccccc4c4cc(-n5c6ccccc6c6ccccc65)ccc43)nc2c1. The quantitative estimate of drug-likeness (QED) is 0.192. The number of aromatic nitrogens is 4. The van der Waals surface area contributed by atoms with Gasteiger partial charge in [0.05, 0.1) is 33.3 Å². The largest absolute Gasteiger partial charge is 0.309 e. The molecule has 5 heteroatoms. The van der Waals surface area contributed by atoms with Gasteiger partial charge < -0.3 is 4.57 Å². The van der Waals surface area contributed by atoms with Crippen LogP contribution in [0.5, 0.6) is 0 Å². The summed E-state index contributed by atoms with van der Waals surface area (Å²) in [4.78, 5) is 10.6. The average molecular weight is 643 g/mol. The van der Waals surface area contributed by atoms with Crippen LogP contribution in [0.3, 0.4) is 0 Å². The van der Waals surface area contributed by atoms with E-state index >= 15 is 0 Å². The Labute approximate surface area is 284 Å². The van der Waals surface area contributed by atoms with E-state index in [-0.39, 0.29) is 0 Å². The van der Waals surface area contributed by atoms with Gasteiger partial charge in [0.15, 0.2) is 0 Å². The molecule has 0 fully saturated rings. The molecule has 0 saturated heterocycles. The van der Waals surface area contributed by atoms with Crippen LogP contribution in [0.1, 0.15) is 0 Å². The van der Waals surface area contributed by atoms with Crippen LogP contribution >= 0.6 is 11.3 Å². The number of hydrogen-bond acceptors (Lipinski definition) is 3. The van der Waals surface area contributed by atoms with Crippen LogP contribution in [0.15, 0.2) is 158 Å². The molecule has 11 aromatic rings. The van der Waals surface area contributed by atoms with Gasteiger partial charge in [-0.1, -0.05) is 97.1 Å². The van der Waals surface area contributed by atoms with E-state index in [4.69, 9.17) is 9.97 Å². The Kier molecular flexibility index (Phi) is 5.51. The molecule has 11 rings (SSSR count). The number of fused-ring (bicyclic) bond motifs is 10. The molecule has 0 unspecified atom stereocenters. The third-order valence-corrected chi connectivity index (χ3v) is 11.1. The maximum Gasteiger partial charge on any atom is 0.235 e. The second-order valence-electron chi connectivity index (χ2n) is 12.6. The van der Waals surface area contributed by atoms with Gasteiger partial charge >= 0.3 is 0 Å². The molecule has 49 heavy (non-hydrogen) atoms. The molecule has 7 aromatic carbocycles. The van der Waals surface area contributed by atoms with Gasteiger partial charge in [-0.3, -0.25) is 4.57 Å². The van der Waals surface area contributed by atoms with Crippen LogP contribution in [0.4, 0.5) is 0 Å². The number of para-hydroxylation sites is 4. The molecule has 228 valence electrons. The molecule has 0 amide bonds. The second kappa shape index (κ2) is 10.1. The molecular formula is C44H26N4S. The van der Waals surface area contributed by atoms with Crippen molar-refractivity contribution in [2.24, 2.45) is 0 Å². The summed E-state index contributed by atoms with van der Waals surface area (Å²) in [5, 5.41) is 8.43. The summed E-state index contributed by atoms with van der Waals surface area (Å²) in [5.74, 6) is 0.666. The standard InChI is InChI=1S/C44H26N4S/c1-6-16-36-33(15-1)43(27-21-24-42-35(25-27)32-14-5-10-20-41(32)49-42)46-44(45-36)48-39-19-9-4-13-31(39)34-26-28(22-23-40(34)48)47-37-17-7-2-11-29(37)30-12-3-8-18-38(30)47/h1-26H. The number of thiophene rings is 1. The fourth-order valence-electron chi connectivity index (χ4n) is 7.77. The average Bonchev–Trinajstić information content (AvgIpc) is 3.81. The Balaban J connectivity index is 1.17. The summed E-state index contributed by atoms with van der Waals surface area (Å²) in [5.41, 5.74) is 8.63. The second-order valence-corrected chi connectivity index (χ2v) is 13.7. The predicted octanol–water partition coefficient (Wildman–Crippen LogP) is 11.9. The first-order chi connectivity index (χ1) is 24.3. The van der Waals surface area contributed by atoms with Crippen molar-refractivity contribution in [3.8, 4) is 22.9 Å². The van der Waals surface area contributed by atoms with E-state index < -0.39 is 0 Å². The maximum absolute atomic E-state index is 5.39. The molecule has 0 aliphatic heterocycles. The zero-order valence-electron chi connectivity index (χ0n) is 26.2. The van der Waals surface area contributed by atoms with E-state index in [0.29, 0.717) is 5.95 Å². The van der Waals surface area contributed by atoms with Gasteiger partial charge in [-0.05, 0) is 60.7 Å². The molecular weight excluding hydrogens is 617 g/mol. The molecule has 0 bridgehead atoms. The minimum Gasteiger partial charge on any atom is -0.309 e. The Morgan fingerprint density at radius 3 is 1.71 bits per heavy atom. The van der Waals surface area contributed by atoms with E-state index in [1.807, 2.05) is 11.3 Å². The Morgan fingerprint density at radius 2 is 0.959 bits per heavy atom. The molecule has 0 N–H and O–H groups in total. The van der Waals surface area contributed by atoms with E-state index in [2.05, 4.69) is 167 Å². The highest BCUT2D eigenvalue weighted by Gasteiger charge is 2.19. The van der Waals surface area contributed by atoms with Crippen LogP contribution < -0.4 is 0 Å². The van der Waals surface area contributed by atoms with Crippen LogP contribution in [-0.4, -0.2) is 19.1 Å². The van der Waals surface area contributed by atoms with Gasteiger partial charge in [0, 0.05) is 58.4 Å². The van der Waals surface area contributed by atoms with Crippen LogP contribution in [0, 0.1) is 0 Å². The molecule has 4 heterocycles. The fraction of sp³-hybridized carbons (Fsp3) is 0. The minimum absolute atomic E-state index is 0.666. The fourth-order valence-corrected chi connectivity index (χ4v) is 8.86. The highest BCUT2D eigenvalue weighted by molar-refractivity contribution is 7.25. The molecule has 4 aromatic heterocycles. The summed E-state index contributed by atoms with van der Waals surface area (Å²) in [7, 11) is 0. The lowest BCUT2D eigenvalue weighted by Gasteiger charge is -2.12. The van der Waals surface area contributed by atoms with Crippen molar-refractivity contribution in [3.05, 3.63) is 158 Å². The summed E-state index contributed by atoms with van der Waals surface area (Å²) >= 11 is 1.84. The van der Waals surface area contributed by atoms with E-state index in [0.717, 1.165) is 38.9 Å². The van der Waals surface area contributed by atoms with Crippen molar-refractivity contribution in [2.75, 3.05) is 0 Å². The van der Waals surface area contributed by atoms with Crippen molar-refractivity contribution in [3.63, 3.8) is 0 Å². The first-order valence-corrected chi connectivity index (χ1v) is 17.3. The van der Waals surface area contributed by atoms with Gasteiger partial charge in [0.2, 0.25) is 5.95 Å². The Morgan fingerprint density at radius 1 is 0.388 bits per heavy atom. The molecule has 4 nitrogen and oxygen atoms in total. The summed E-state index contributed by atoms with van der Waals surface area (Å²) in [6, 6.07) is 56.5. The lowest BCUT2D eigenvalue weighted by molar-refractivity contribution is 1.01. The molecule has 0 atom stereocenters. The highest BCUT2D eigenvalue weighted by atomic mass is 32.1. The summed E-state index contributed by atoms with van der Waals surface area (Å²) < 4.78 is 7.19. The third-order valence-electron chi connectivity index (χ3n) is 9.94. The number of rotatable bonds is 3. The number of hydrogen-bond donors (Lipinski definition) is 0. The van der Waals surface area contributed by atoms with Crippen LogP contribution in [-0.2, 0) is 0 Å². The maximum atomic E-state index is 5.39. The van der Waals surface area contributed by atoms with Crippen molar-refractivity contribution in [1.29, 1.82) is 0 Å². The minimum atomic E-state index is 0.666. The van der Waals surface area contributed by atoms with Gasteiger partial charge in [-0.2, -0.15) is 0 Å². The van der Waals surface area contributed by atoms with Gasteiger partial charge in [-0.25, -0.2) is 9.97 Å².